The van der Waals surface area contributed by atoms with Crippen LogP contribution >= 0.6 is 0 Å². The van der Waals surface area contributed by atoms with Gasteiger partial charge in [-0.2, -0.15) is 5.10 Å². The number of nitrogens with zero attached hydrogens (tertiary/aromatic N) is 4. The highest BCUT2D eigenvalue weighted by atomic mass is 16.5. The van der Waals surface area contributed by atoms with Crippen LogP contribution in [-0.2, 0) is 0 Å². The Labute approximate surface area is 80.4 Å². The van der Waals surface area contributed by atoms with Crippen LogP contribution in [0.3, 0.4) is 0 Å². The van der Waals surface area contributed by atoms with Gasteiger partial charge in [-0.25, -0.2) is 14.6 Å². The molecule has 6 nitrogen and oxygen atoms in total. The van der Waals surface area contributed by atoms with Crippen LogP contribution in [0, 0.1) is 0 Å². The van der Waals surface area contributed by atoms with Gasteiger partial charge in [0.05, 0.1) is 31.4 Å². The van der Waals surface area contributed by atoms with Gasteiger partial charge in [0, 0.05) is 0 Å². The van der Waals surface area contributed by atoms with E-state index in [0.29, 0.717) is 17.3 Å². The second-order valence-corrected chi connectivity index (χ2v) is 2.63. The van der Waals surface area contributed by atoms with Crippen LogP contribution in [0.15, 0.2) is 24.9 Å². The Morgan fingerprint density at radius 3 is 2.93 bits per heavy atom. The third-order valence-electron chi connectivity index (χ3n) is 1.70. The molecule has 0 saturated carbocycles. The number of aromatic nitrogens is 4. The molecule has 0 radical (unpaired) electrons. The van der Waals surface area contributed by atoms with Crippen LogP contribution in [0.5, 0.6) is 5.75 Å². The molecular formula is C8H9N5O. The molecule has 0 spiro atoms. The van der Waals surface area contributed by atoms with E-state index in [1.54, 1.807) is 25.7 Å². The molecule has 2 rings (SSSR count). The third-order valence-corrected chi connectivity index (χ3v) is 1.70. The number of nitrogen functional groups attached to an aromatic ring is 1. The molecule has 0 saturated heterocycles. The summed E-state index contributed by atoms with van der Waals surface area (Å²) in [6, 6.07) is 0. The molecule has 0 unspecified atom stereocenters. The van der Waals surface area contributed by atoms with Crippen LogP contribution in [0.2, 0.25) is 0 Å². The van der Waals surface area contributed by atoms with Crippen molar-refractivity contribution in [2.24, 2.45) is 0 Å². The highest BCUT2D eigenvalue weighted by Crippen LogP contribution is 2.17. The lowest BCUT2D eigenvalue weighted by atomic mass is 10.5. The molecule has 0 aliphatic rings. The highest BCUT2D eigenvalue weighted by Gasteiger charge is 2.06. The van der Waals surface area contributed by atoms with Gasteiger partial charge in [-0.05, 0) is 0 Å². The molecule has 0 aliphatic heterocycles. The summed E-state index contributed by atoms with van der Waals surface area (Å²) in [5.41, 5.74) is 6.11. The minimum absolute atomic E-state index is 0.551. The molecule has 6 heteroatoms. The molecule has 0 bridgehead atoms. The molecule has 72 valence electrons. The summed E-state index contributed by atoms with van der Waals surface area (Å²) in [6.07, 6.45) is 6.20. The number of rotatable bonds is 2. The number of nitrogens with two attached hydrogens (primary N) is 1. The molecule has 14 heavy (non-hydrogen) atoms. The monoisotopic (exact) mass is 191 g/mol. The third kappa shape index (κ3) is 1.37. The van der Waals surface area contributed by atoms with Gasteiger partial charge in [0.15, 0.2) is 11.6 Å². The van der Waals surface area contributed by atoms with Crippen LogP contribution in [0.25, 0.3) is 5.82 Å². The second-order valence-electron chi connectivity index (χ2n) is 2.63. The Hall–Kier alpha value is -2.11. The maximum absolute atomic E-state index is 5.54. The maximum Gasteiger partial charge on any atom is 0.199 e. The fourth-order valence-electron chi connectivity index (χ4n) is 1.08. The van der Waals surface area contributed by atoms with Crippen molar-refractivity contribution in [3.05, 3.63) is 24.9 Å². The average Bonchev–Trinajstić information content (AvgIpc) is 2.65. The molecule has 2 heterocycles. The Morgan fingerprint density at radius 2 is 2.29 bits per heavy atom. The van der Waals surface area contributed by atoms with Gasteiger partial charge in [0.25, 0.3) is 0 Å². The first-order valence-electron chi connectivity index (χ1n) is 3.96. The molecule has 0 fully saturated rings. The van der Waals surface area contributed by atoms with Crippen molar-refractivity contribution in [3.8, 4) is 11.6 Å². The van der Waals surface area contributed by atoms with Crippen molar-refractivity contribution >= 4 is 5.69 Å². The number of hydrogen-bond donors (Lipinski definition) is 1. The molecule has 0 aliphatic carbocycles. The van der Waals surface area contributed by atoms with E-state index >= 15 is 0 Å². The smallest absolute Gasteiger partial charge is 0.199 e. The van der Waals surface area contributed by atoms with E-state index in [-0.39, 0.29) is 0 Å². The second kappa shape index (κ2) is 3.33. The van der Waals surface area contributed by atoms with E-state index in [0.717, 1.165) is 0 Å². The summed E-state index contributed by atoms with van der Waals surface area (Å²) in [5.74, 6) is 1.12. The van der Waals surface area contributed by atoms with E-state index < -0.39 is 0 Å². The van der Waals surface area contributed by atoms with Gasteiger partial charge >= 0.3 is 0 Å². The lowest BCUT2D eigenvalue weighted by Crippen LogP contribution is -2.01. The number of ether oxygens (including phenoxy) is 1. The summed E-state index contributed by atoms with van der Waals surface area (Å²) in [5, 5.41) is 4.02. The van der Waals surface area contributed by atoms with Gasteiger partial charge in [-0.15, -0.1) is 0 Å². The number of methoxy groups -OCH3 is 1. The van der Waals surface area contributed by atoms with Crippen molar-refractivity contribution in [1.82, 2.24) is 19.7 Å². The molecular weight excluding hydrogens is 182 g/mol. The maximum atomic E-state index is 5.54. The summed E-state index contributed by atoms with van der Waals surface area (Å²) in [6.45, 7) is 0. The number of hydrogen-bond acceptors (Lipinski definition) is 5. The van der Waals surface area contributed by atoms with E-state index in [2.05, 4.69) is 15.1 Å². The van der Waals surface area contributed by atoms with Crippen molar-refractivity contribution in [2.75, 3.05) is 12.8 Å². The standard InChI is InChI=1S/C8H9N5O/c1-14-7-3-10-5-11-8(7)13-4-6(9)2-12-13/h2-5H,9H2,1H3. The molecule has 2 N–H and O–H groups in total. The minimum Gasteiger partial charge on any atom is -0.491 e. The summed E-state index contributed by atoms with van der Waals surface area (Å²) in [7, 11) is 1.55. The zero-order valence-corrected chi connectivity index (χ0v) is 7.58. The molecule has 0 atom stereocenters. The summed E-state index contributed by atoms with van der Waals surface area (Å²) >= 11 is 0. The fraction of sp³-hybridized carbons (Fsp3) is 0.125. The highest BCUT2D eigenvalue weighted by molar-refractivity contribution is 5.41. The predicted octanol–water partition coefficient (Wildman–Crippen LogP) is 0.253. The summed E-state index contributed by atoms with van der Waals surface area (Å²) in [4.78, 5) is 7.88. The van der Waals surface area contributed by atoms with Crippen LogP contribution in [0.1, 0.15) is 0 Å². The van der Waals surface area contributed by atoms with E-state index in [1.807, 2.05) is 0 Å². The SMILES string of the molecule is COc1cncnc1-n1cc(N)cn1. The first-order valence-corrected chi connectivity index (χ1v) is 3.96. The quantitative estimate of drug-likeness (QED) is 0.736. The average molecular weight is 191 g/mol. The molecule has 0 amide bonds. The fourth-order valence-corrected chi connectivity index (χ4v) is 1.08. The Bertz CT molecular complexity index is 439. The van der Waals surface area contributed by atoms with Crippen molar-refractivity contribution in [1.29, 1.82) is 0 Å². The van der Waals surface area contributed by atoms with E-state index in [1.165, 1.54) is 11.0 Å². The van der Waals surface area contributed by atoms with Crippen LogP contribution in [-0.4, -0.2) is 26.9 Å². The van der Waals surface area contributed by atoms with Gasteiger partial charge in [0.1, 0.15) is 6.33 Å². The topological polar surface area (TPSA) is 78.9 Å². The predicted molar refractivity (Wildman–Crippen MR) is 50.1 cm³/mol. The lowest BCUT2D eigenvalue weighted by Gasteiger charge is -2.04. The van der Waals surface area contributed by atoms with Crippen molar-refractivity contribution < 1.29 is 4.74 Å². The zero-order chi connectivity index (χ0) is 9.97. The summed E-state index contributed by atoms with van der Waals surface area (Å²) < 4.78 is 6.62. The zero-order valence-electron chi connectivity index (χ0n) is 7.58. The Morgan fingerprint density at radius 1 is 1.43 bits per heavy atom. The van der Waals surface area contributed by atoms with Crippen LogP contribution < -0.4 is 10.5 Å². The lowest BCUT2D eigenvalue weighted by molar-refractivity contribution is 0.407. The van der Waals surface area contributed by atoms with Gasteiger partial charge in [0.2, 0.25) is 0 Å². The normalized spacial score (nSPS) is 10.1. The van der Waals surface area contributed by atoms with Crippen molar-refractivity contribution in [2.45, 2.75) is 0 Å². The number of anilines is 1. The molecule has 2 aromatic heterocycles. The van der Waals surface area contributed by atoms with Gasteiger partial charge < -0.3 is 10.5 Å². The van der Waals surface area contributed by atoms with E-state index in [4.69, 9.17) is 10.5 Å². The Kier molecular flexibility index (Phi) is 2.02. The first kappa shape index (κ1) is 8.49. The van der Waals surface area contributed by atoms with Gasteiger partial charge in [-0.3, -0.25) is 0 Å². The Balaban J connectivity index is 2.50. The largest absolute Gasteiger partial charge is 0.491 e. The minimum atomic E-state index is 0.551. The molecule has 0 aromatic carbocycles. The first-order chi connectivity index (χ1) is 6.81. The molecule has 2 aromatic rings. The van der Waals surface area contributed by atoms with E-state index in [9.17, 15) is 0 Å². The van der Waals surface area contributed by atoms with Crippen molar-refractivity contribution in [3.63, 3.8) is 0 Å². The van der Waals surface area contributed by atoms with Crippen LogP contribution in [0.4, 0.5) is 5.69 Å². The van der Waals surface area contributed by atoms with Gasteiger partial charge in [-0.1, -0.05) is 0 Å².